The number of rotatable bonds is 5. The first-order valence-electron chi connectivity index (χ1n) is 5.18. The standard InChI is InChI=1S/C13H16ClN/c1-3-7-12(15-4-2)10-11-8-5-6-9-13(11)14/h1,5-6,8-9,12,15H,4,7,10H2,2H3. The number of nitrogens with one attached hydrogen (secondary N) is 1. The zero-order chi connectivity index (χ0) is 11.1. The Hall–Kier alpha value is -0.970. The van der Waals surface area contributed by atoms with Crippen molar-refractivity contribution in [1.29, 1.82) is 0 Å². The molecule has 0 heterocycles. The Bertz CT molecular complexity index is 341. The van der Waals surface area contributed by atoms with Gasteiger partial charge in [-0.05, 0) is 24.6 Å². The lowest BCUT2D eigenvalue weighted by Crippen LogP contribution is -2.30. The molecule has 0 aliphatic carbocycles. The molecule has 1 atom stereocenters. The molecule has 0 bridgehead atoms. The third-order valence-corrected chi connectivity index (χ3v) is 2.65. The van der Waals surface area contributed by atoms with Gasteiger partial charge < -0.3 is 5.32 Å². The Morgan fingerprint density at radius 1 is 1.47 bits per heavy atom. The van der Waals surface area contributed by atoms with Crippen LogP contribution in [-0.2, 0) is 6.42 Å². The zero-order valence-electron chi connectivity index (χ0n) is 8.96. The predicted octanol–water partition coefficient (Wildman–Crippen LogP) is 2.88. The van der Waals surface area contributed by atoms with Crippen LogP contribution in [0.5, 0.6) is 0 Å². The maximum Gasteiger partial charge on any atom is 0.0438 e. The van der Waals surface area contributed by atoms with E-state index in [1.54, 1.807) is 0 Å². The molecule has 0 saturated carbocycles. The van der Waals surface area contributed by atoms with Crippen molar-refractivity contribution in [3.05, 3.63) is 34.9 Å². The largest absolute Gasteiger partial charge is 0.313 e. The van der Waals surface area contributed by atoms with Crippen LogP contribution in [0.15, 0.2) is 24.3 Å². The van der Waals surface area contributed by atoms with Gasteiger partial charge in [0.25, 0.3) is 0 Å². The third-order valence-electron chi connectivity index (χ3n) is 2.28. The van der Waals surface area contributed by atoms with Crippen molar-refractivity contribution < 1.29 is 0 Å². The molecular weight excluding hydrogens is 206 g/mol. The van der Waals surface area contributed by atoms with Crippen molar-refractivity contribution in [1.82, 2.24) is 5.32 Å². The molecule has 0 aliphatic rings. The molecule has 0 radical (unpaired) electrons. The Balaban J connectivity index is 2.66. The maximum atomic E-state index is 6.09. The molecule has 0 amide bonds. The van der Waals surface area contributed by atoms with E-state index in [9.17, 15) is 0 Å². The smallest absolute Gasteiger partial charge is 0.0438 e. The van der Waals surface area contributed by atoms with Gasteiger partial charge in [-0.3, -0.25) is 0 Å². The molecule has 0 aliphatic heterocycles. The van der Waals surface area contributed by atoms with Gasteiger partial charge in [0.2, 0.25) is 0 Å². The summed E-state index contributed by atoms with van der Waals surface area (Å²) < 4.78 is 0. The van der Waals surface area contributed by atoms with Crippen LogP contribution in [0.3, 0.4) is 0 Å². The summed E-state index contributed by atoms with van der Waals surface area (Å²) in [6, 6.07) is 8.22. The molecule has 0 aromatic heterocycles. The van der Waals surface area contributed by atoms with Crippen molar-refractivity contribution in [2.75, 3.05) is 6.54 Å². The Morgan fingerprint density at radius 2 is 2.20 bits per heavy atom. The molecule has 1 N–H and O–H groups in total. The van der Waals surface area contributed by atoms with E-state index < -0.39 is 0 Å². The van der Waals surface area contributed by atoms with Gasteiger partial charge in [-0.15, -0.1) is 12.3 Å². The molecule has 1 aromatic rings. The Labute approximate surface area is 96.8 Å². The highest BCUT2D eigenvalue weighted by Gasteiger charge is 2.08. The van der Waals surface area contributed by atoms with Crippen LogP contribution in [0.1, 0.15) is 18.9 Å². The molecule has 80 valence electrons. The highest BCUT2D eigenvalue weighted by molar-refractivity contribution is 6.31. The summed E-state index contributed by atoms with van der Waals surface area (Å²) in [5, 5.41) is 4.18. The fraction of sp³-hybridized carbons (Fsp3) is 0.385. The first-order valence-corrected chi connectivity index (χ1v) is 5.56. The summed E-state index contributed by atoms with van der Waals surface area (Å²) in [5.41, 5.74) is 1.15. The van der Waals surface area contributed by atoms with E-state index in [2.05, 4.69) is 18.2 Å². The average molecular weight is 222 g/mol. The molecule has 1 nitrogen and oxygen atoms in total. The topological polar surface area (TPSA) is 12.0 Å². The number of benzene rings is 1. The zero-order valence-corrected chi connectivity index (χ0v) is 9.72. The van der Waals surface area contributed by atoms with E-state index in [-0.39, 0.29) is 0 Å². The number of hydrogen-bond donors (Lipinski definition) is 1. The lowest BCUT2D eigenvalue weighted by Gasteiger charge is -2.15. The van der Waals surface area contributed by atoms with Crippen LogP contribution in [-0.4, -0.2) is 12.6 Å². The molecular formula is C13H16ClN. The van der Waals surface area contributed by atoms with E-state index in [0.29, 0.717) is 6.04 Å². The molecule has 1 unspecified atom stereocenters. The van der Waals surface area contributed by atoms with Gasteiger partial charge in [-0.25, -0.2) is 0 Å². The van der Waals surface area contributed by atoms with Crippen molar-refractivity contribution in [3.63, 3.8) is 0 Å². The van der Waals surface area contributed by atoms with E-state index >= 15 is 0 Å². The summed E-state index contributed by atoms with van der Waals surface area (Å²) in [6.07, 6.45) is 6.95. The maximum absolute atomic E-state index is 6.09. The van der Waals surface area contributed by atoms with Gasteiger partial charge in [0.1, 0.15) is 0 Å². The van der Waals surface area contributed by atoms with Crippen molar-refractivity contribution in [2.45, 2.75) is 25.8 Å². The second-order valence-electron chi connectivity index (χ2n) is 3.46. The summed E-state index contributed by atoms with van der Waals surface area (Å²) >= 11 is 6.09. The van der Waals surface area contributed by atoms with Gasteiger partial charge >= 0.3 is 0 Å². The number of likely N-dealkylation sites (N-methyl/N-ethyl adjacent to an activating group) is 1. The predicted molar refractivity (Wildman–Crippen MR) is 66.1 cm³/mol. The fourth-order valence-corrected chi connectivity index (χ4v) is 1.79. The fourth-order valence-electron chi connectivity index (χ4n) is 1.58. The van der Waals surface area contributed by atoms with Crippen LogP contribution in [0.2, 0.25) is 5.02 Å². The lowest BCUT2D eigenvalue weighted by atomic mass is 10.0. The highest BCUT2D eigenvalue weighted by atomic mass is 35.5. The minimum Gasteiger partial charge on any atom is -0.313 e. The summed E-state index contributed by atoms with van der Waals surface area (Å²) in [6.45, 7) is 3.01. The van der Waals surface area contributed by atoms with E-state index in [0.717, 1.165) is 30.0 Å². The minimum atomic E-state index is 0.319. The second-order valence-corrected chi connectivity index (χ2v) is 3.87. The van der Waals surface area contributed by atoms with E-state index in [1.807, 2.05) is 24.3 Å². The molecule has 1 aromatic carbocycles. The van der Waals surface area contributed by atoms with Crippen molar-refractivity contribution in [3.8, 4) is 12.3 Å². The van der Waals surface area contributed by atoms with Gasteiger partial charge in [-0.1, -0.05) is 36.7 Å². The van der Waals surface area contributed by atoms with Gasteiger partial charge in [-0.2, -0.15) is 0 Å². The number of hydrogen-bond acceptors (Lipinski definition) is 1. The first kappa shape index (κ1) is 12.1. The average Bonchev–Trinajstić information content (AvgIpc) is 2.22. The van der Waals surface area contributed by atoms with Gasteiger partial charge in [0.15, 0.2) is 0 Å². The Morgan fingerprint density at radius 3 is 2.80 bits per heavy atom. The summed E-state index contributed by atoms with van der Waals surface area (Å²) in [5.74, 6) is 2.69. The summed E-state index contributed by atoms with van der Waals surface area (Å²) in [4.78, 5) is 0. The van der Waals surface area contributed by atoms with E-state index in [4.69, 9.17) is 18.0 Å². The molecule has 0 spiro atoms. The highest BCUT2D eigenvalue weighted by Crippen LogP contribution is 2.17. The quantitative estimate of drug-likeness (QED) is 0.754. The minimum absolute atomic E-state index is 0.319. The van der Waals surface area contributed by atoms with Crippen LogP contribution in [0.25, 0.3) is 0 Å². The number of halogens is 1. The first-order chi connectivity index (χ1) is 7.27. The lowest BCUT2D eigenvalue weighted by molar-refractivity contribution is 0.535. The van der Waals surface area contributed by atoms with Crippen LogP contribution >= 0.6 is 11.6 Å². The van der Waals surface area contributed by atoms with Crippen LogP contribution in [0.4, 0.5) is 0 Å². The number of terminal acetylenes is 1. The normalized spacial score (nSPS) is 12.1. The van der Waals surface area contributed by atoms with Crippen LogP contribution < -0.4 is 5.32 Å². The SMILES string of the molecule is C#CCC(Cc1ccccc1Cl)NCC. The molecule has 0 saturated heterocycles. The molecule has 0 fully saturated rings. The molecule has 2 heteroatoms. The van der Waals surface area contributed by atoms with Crippen molar-refractivity contribution in [2.24, 2.45) is 0 Å². The summed E-state index contributed by atoms with van der Waals surface area (Å²) in [7, 11) is 0. The second kappa shape index (κ2) is 6.50. The van der Waals surface area contributed by atoms with E-state index in [1.165, 1.54) is 0 Å². The van der Waals surface area contributed by atoms with Crippen LogP contribution in [0, 0.1) is 12.3 Å². The molecule has 15 heavy (non-hydrogen) atoms. The molecule has 1 rings (SSSR count). The Kier molecular flexibility index (Phi) is 5.25. The van der Waals surface area contributed by atoms with Gasteiger partial charge in [0.05, 0.1) is 0 Å². The van der Waals surface area contributed by atoms with Gasteiger partial charge in [0, 0.05) is 17.5 Å². The van der Waals surface area contributed by atoms with Crippen molar-refractivity contribution >= 4 is 11.6 Å². The third kappa shape index (κ3) is 3.95. The monoisotopic (exact) mass is 221 g/mol.